The first kappa shape index (κ1) is 18.0. The Bertz CT molecular complexity index is 809. The van der Waals surface area contributed by atoms with Gasteiger partial charge in [-0.3, -0.25) is 4.79 Å². The largest absolute Gasteiger partial charge is 0.573 e. The fraction of sp³-hybridized carbons (Fsp3) is 0.0667. The first-order valence-electron chi connectivity index (χ1n) is 6.67. The highest BCUT2D eigenvalue weighted by atomic mass is 19.4. The van der Waals surface area contributed by atoms with Gasteiger partial charge in [-0.05, 0) is 30.3 Å². The predicted molar refractivity (Wildman–Crippen MR) is 80.7 cm³/mol. The second kappa shape index (κ2) is 7.07. The summed E-state index contributed by atoms with van der Waals surface area (Å²) in [5, 5.41) is 4.43. The van der Waals surface area contributed by atoms with Gasteiger partial charge in [0.05, 0.1) is 11.3 Å². The van der Waals surface area contributed by atoms with E-state index >= 15 is 0 Å². The van der Waals surface area contributed by atoms with Crippen molar-refractivity contribution in [2.45, 2.75) is 6.36 Å². The maximum Gasteiger partial charge on any atom is 0.573 e. The average molecular weight is 357 g/mol. The number of rotatable bonds is 4. The first-order chi connectivity index (χ1) is 11.6. The molecule has 0 atom stereocenters. The molecule has 0 aromatic heterocycles. The summed E-state index contributed by atoms with van der Waals surface area (Å²) in [6, 6.07) is 6.64. The molecule has 0 aliphatic rings. The van der Waals surface area contributed by atoms with E-state index in [1.807, 2.05) is 0 Å². The maximum absolute atomic E-state index is 13.1. The molecular weight excluding hydrogens is 346 g/mol. The van der Waals surface area contributed by atoms with E-state index in [9.17, 15) is 27.2 Å². The number of benzene rings is 2. The summed E-state index contributed by atoms with van der Waals surface area (Å²) in [6.45, 7) is 0. The van der Waals surface area contributed by atoms with E-state index in [4.69, 9.17) is 5.73 Å². The molecule has 6 nitrogen and oxygen atoms in total. The summed E-state index contributed by atoms with van der Waals surface area (Å²) in [5.74, 6) is -2.23. The van der Waals surface area contributed by atoms with Crippen LogP contribution in [0, 0.1) is 5.82 Å². The minimum atomic E-state index is -4.95. The first-order valence-corrected chi connectivity index (χ1v) is 6.67. The zero-order chi connectivity index (χ0) is 18.6. The third-order valence-electron chi connectivity index (χ3n) is 2.82. The van der Waals surface area contributed by atoms with Crippen LogP contribution in [0.4, 0.5) is 33.7 Å². The number of alkyl halides is 3. The number of nitrogens with one attached hydrogen (secondary N) is 2. The van der Waals surface area contributed by atoms with E-state index in [0.717, 1.165) is 30.3 Å². The number of carbonyl (C=O) groups is 2. The van der Waals surface area contributed by atoms with E-state index in [2.05, 4.69) is 15.4 Å². The molecule has 0 saturated heterocycles. The van der Waals surface area contributed by atoms with Gasteiger partial charge in [0.1, 0.15) is 11.6 Å². The number of anilines is 2. The summed E-state index contributed by atoms with van der Waals surface area (Å²) < 4.78 is 53.6. The summed E-state index contributed by atoms with van der Waals surface area (Å²) in [4.78, 5) is 23.2. The Morgan fingerprint density at radius 2 is 1.76 bits per heavy atom. The lowest BCUT2D eigenvalue weighted by Crippen LogP contribution is -2.23. The topological polar surface area (TPSA) is 93.5 Å². The molecule has 0 aliphatic heterocycles. The Labute approximate surface area is 138 Å². The van der Waals surface area contributed by atoms with Gasteiger partial charge < -0.3 is 21.1 Å². The van der Waals surface area contributed by atoms with Crippen LogP contribution in [0.3, 0.4) is 0 Å². The quantitative estimate of drug-likeness (QED) is 0.732. The number of ether oxygens (including phenoxy) is 1. The second-order valence-corrected chi connectivity index (χ2v) is 4.71. The molecule has 2 rings (SSSR count). The van der Waals surface area contributed by atoms with Crippen molar-refractivity contribution in [1.29, 1.82) is 0 Å². The normalized spacial score (nSPS) is 10.9. The van der Waals surface area contributed by atoms with Crippen molar-refractivity contribution in [3.63, 3.8) is 0 Å². The molecule has 0 fully saturated rings. The molecule has 132 valence electrons. The Morgan fingerprint density at radius 3 is 2.36 bits per heavy atom. The molecule has 4 N–H and O–H groups in total. The van der Waals surface area contributed by atoms with Crippen molar-refractivity contribution in [3.8, 4) is 5.75 Å². The molecule has 0 unspecified atom stereocenters. The summed E-state index contributed by atoms with van der Waals surface area (Å²) in [7, 11) is 0. The van der Waals surface area contributed by atoms with Crippen LogP contribution in [0.1, 0.15) is 10.4 Å². The molecule has 0 aliphatic carbocycles. The molecular formula is C15H11F4N3O3. The van der Waals surface area contributed by atoms with Crippen LogP contribution in [-0.2, 0) is 0 Å². The Balaban J connectivity index is 2.21. The number of nitrogens with two attached hydrogens (primary N) is 1. The molecule has 0 heterocycles. The van der Waals surface area contributed by atoms with Gasteiger partial charge in [-0.2, -0.15) is 0 Å². The number of hydrogen-bond acceptors (Lipinski definition) is 3. The van der Waals surface area contributed by atoms with Crippen LogP contribution >= 0.6 is 0 Å². The van der Waals surface area contributed by atoms with Gasteiger partial charge in [0.25, 0.3) is 5.91 Å². The monoisotopic (exact) mass is 357 g/mol. The van der Waals surface area contributed by atoms with Crippen molar-refractivity contribution < 1.29 is 31.9 Å². The lowest BCUT2D eigenvalue weighted by atomic mass is 10.1. The number of primary amides is 1. The maximum atomic E-state index is 13.1. The minimum Gasteiger partial charge on any atom is -0.406 e. The number of carbonyl (C=O) groups excluding carboxylic acids is 2. The zero-order valence-electron chi connectivity index (χ0n) is 12.4. The predicted octanol–water partition coefficient (Wildman–Crippen LogP) is 3.47. The molecule has 0 radical (unpaired) electrons. The molecule has 3 amide bonds. The summed E-state index contributed by atoms with van der Waals surface area (Å²) in [5.41, 5.74) is 4.68. The van der Waals surface area contributed by atoms with Gasteiger partial charge >= 0.3 is 12.4 Å². The van der Waals surface area contributed by atoms with Gasteiger partial charge in [0, 0.05) is 11.8 Å². The molecule has 2 aromatic carbocycles. The van der Waals surface area contributed by atoms with Crippen molar-refractivity contribution >= 4 is 23.3 Å². The lowest BCUT2D eigenvalue weighted by Gasteiger charge is -2.14. The highest BCUT2D eigenvalue weighted by Gasteiger charge is 2.31. The lowest BCUT2D eigenvalue weighted by molar-refractivity contribution is -0.274. The number of halogens is 4. The van der Waals surface area contributed by atoms with Crippen LogP contribution in [0.15, 0.2) is 42.5 Å². The third kappa shape index (κ3) is 5.37. The molecule has 0 bridgehead atoms. The summed E-state index contributed by atoms with van der Waals surface area (Å²) >= 11 is 0. The fourth-order valence-corrected chi connectivity index (χ4v) is 1.89. The summed E-state index contributed by atoms with van der Waals surface area (Å²) in [6.07, 6.45) is -4.95. The SMILES string of the molecule is NC(=O)c1ccc(OC(F)(F)F)cc1NC(=O)Nc1cccc(F)c1. The molecule has 0 saturated carbocycles. The van der Waals surface area contributed by atoms with E-state index in [1.54, 1.807) is 0 Å². The second-order valence-electron chi connectivity index (χ2n) is 4.71. The van der Waals surface area contributed by atoms with Gasteiger partial charge in [-0.15, -0.1) is 13.2 Å². The van der Waals surface area contributed by atoms with Gasteiger partial charge in [0.2, 0.25) is 0 Å². The Morgan fingerprint density at radius 1 is 1.04 bits per heavy atom. The fourth-order valence-electron chi connectivity index (χ4n) is 1.89. The van der Waals surface area contributed by atoms with Crippen LogP contribution in [-0.4, -0.2) is 18.3 Å². The standard InChI is InChI=1S/C15H11F4N3O3/c16-8-2-1-3-9(6-8)21-14(24)22-12-7-10(25-15(17,18)19)4-5-11(12)13(20)23/h1-7H,(H2,20,23)(H2,21,22,24). The Hall–Kier alpha value is -3.30. The number of amides is 3. The van der Waals surface area contributed by atoms with Crippen LogP contribution in [0.2, 0.25) is 0 Å². The van der Waals surface area contributed by atoms with Crippen molar-refractivity contribution in [1.82, 2.24) is 0 Å². The van der Waals surface area contributed by atoms with Crippen molar-refractivity contribution in [2.75, 3.05) is 10.6 Å². The number of urea groups is 1. The molecule has 10 heteroatoms. The van der Waals surface area contributed by atoms with Gasteiger partial charge in [-0.1, -0.05) is 6.07 Å². The van der Waals surface area contributed by atoms with E-state index < -0.39 is 29.9 Å². The molecule has 0 spiro atoms. The van der Waals surface area contributed by atoms with Crippen LogP contribution in [0.25, 0.3) is 0 Å². The number of hydrogen-bond donors (Lipinski definition) is 3. The van der Waals surface area contributed by atoms with E-state index in [-0.39, 0.29) is 16.9 Å². The molecule has 25 heavy (non-hydrogen) atoms. The highest BCUT2D eigenvalue weighted by molar-refractivity contribution is 6.06. The Kier molecular flexibility index (Phi) is 5.11. The van der Waals surface area contributed by atoms with Crippen molar-refractivity contribution in [2.24, 2.45) is 5.73 Å². The van der Waals surface area contributed by atoms with Crippen LogP contribution in [0.5, 0.6) is 5.75 Å². The minimum absolute atomic E-state index is 0.0980. The van der Waals surface area contributed by atoms with Crippen LogP contribution < -0.4 is 21.1 Å². The van der Waals surface area contributed by atoms with E-state index in [0.29, 0.717) is 0 Å². The van der Waals surface area contributed by atoms with Gasteiger partial charge in [0.15, 0.2) is 0 Å². The van der Waals surface area contributed by atoms with Gasteiger partial charge in [-0.25, -0.2) is 9.18 Å². The van der Waals surface area contributed by atoms with E-state index in [1.165, 1.54) is 12.1 Å². The third-order valence-corrected chi connectivity index (χ3v) is 2.82. The average Bonchev–Trinajstić information content (AvgIpc) is 2.45. The smallest absolute Gasteiger partial charge is 0.406 e. The molecule has 2 aromatic rings. The highest BCUT2D eigenvalue weighted by Crippen LogP contribution is 2.27. The van der Waals surface area contributed by atoms with Crippen molar-refractivity contribution in [3.05, 3.63) is 53.8 Å². The zero-order valence-corrected chi connectivity index (χ0v) is 12.4.